The van der Waals surface area contributed by atoms with Crippen LogP contribution in [0.3, 0.4) is 0 Å². The number of carbonyl (C=O) groups excluding carboxylic acids is 1. The fraction of sp³-hybridized carbons (Fsp3) is 0.562. The SMILES string of the molecule is Cc1ccc(S(=O)(=O)NC[C@H](C)NC(=O)CN2CCOCC2)cc1. The first-order valence-corrected chi connectivity index (χ1v) is 9.51. The topological polar surface area (TPSA) is 87.7 Å². The summed E-state index contributed by atoms with van der Waals surface area (Å²) in [6.07, 6.45) is 0. The largest absolute Gasteiger partial charge is 0.379 e. The van der Waals surface area contributed by atoms with Gasteiger partial charge in [0, 0.05) is 25.7 Å². The minimum Gasteiger partial charge on any atom is -0.379 e. The van der Waals surface area contributed by atoms with Crippen molar-refractivity contribution in [3.8, 4) is 0 Å². The van der Waals surface area contributed by atoms with Crippen molar-refractivity contribution in [3.63, 3.8) is 0 Å². The van der Waals surface area contributed by atoms with E-state index in [1.807, 2.05) is 11.8 Å². The zero-order valence-corrected chi connectivity index (χ0v) is 14.9. The average Bonchev–Trinajstić information content (AvgIpc) is 2.54. The van der Waals surface area contributed by atoms with Crippen LogP contribution in [-0.2, 0) is 19.6 Å². The van der Waals surface area contributed by atoms with Gasteiger partial charge in [-0.2, -0.15) is 0 Å². The number of nitrogens with zero attached hydrogens (tertiary/aromatic N) is 1. The minimum absolute atomic E-state index is 0.112. The summed E-state index contributed by atoms with van der Waals surface area (Å²) in [7, 11) is -3.56. The summed E-state index contributed by atoms with van der Waals surface area (Å²) in [5.74, 6) is -0.112. The Balaban J connectivity index is 1.78. The molecule has 8 heteroatoms. The molecule has 0 aliphatic carbocycles. The quantitative estimate of drug-likeness (QED) is 0.725. The summed E-state index contributed by atoms with van der Waals surface area (Å²) in [5.41, 5.74) is 0.998. The molecule has 0 aromatic heterocycles. The van der Waals surface area contributed by atoms with E-state index in [0.717, 1.165) is 18.7 Å². The minimum atomic E-state index is -3.56. The summed E-state index contributed by atoms with van der Waals surface area (Å²) < 4.78 is 32.2. The maximum absolute atomic E-state index is 12.2. The molecule has 1 aliphatic rings. The van der Waals surface area contributed by atoms with Gasteiger partial charge in [0.1, 0.15) is 0 Å². The maximum Gasteiger partial charge on any atom is 0.240 e. The van der Waals surface area contributed by atoms with Crippen LogP contribution in [0.25, 0.3) is 0 Å². The number of nitrogens with one attached hydrogen (secondary N) is 2. The van der Waals surface area contributed by atoms with E-state index in [2.05, 4.69) is 10.0 Å². The van der Waals surface area contributed by atoms with Gasteiger partial charge in [0.15, 0.2) is 0 Å². The monoisotopic (exact) mass is 355 g/mol. The van der Waals surface area contributed by atoms with E-state index >= 15 is 0 Å². The highest BCUT2D eigenvalue weighted by molar-refractivity contribution is 7.89. The smallest absolute Gasteiger partial charge is 0.240 e. The third-order valence-corrected chi connectivity index (χ3v) is 5.23. The van der Waals surface area contributed by atoms with Crippen molar-refractivity contribution in [1.82, 2.24) is 14.9 Å². The first kappa shape index (κ1) is 18.9. The van der Waals surface area contributed by atoms with Gasteiger partial charge in [0.05, 0.1) is 24.7 Å². The zero-order valence-electron chi connectivity index (χ0n) is 14.1. The van der Waals surface area contributed by atoms with Crippen LogP contribution in [0.2, 0.25) is 0 Å². The number of amides is 1. The van der Waals surface area contributed by atoms with Crippen LogP contribution in [-0.4, -0.2) is 64.7 Å². The van der Waals surface area contributed by atoms with E-state index in [0.29, 0.717) is 19.8 Å². The molecule has 1 aromatic rings. The lowest BCUT2D eigenvalue weighted by Crippen LogP contribution is -2.47. The molecule has 24 heavy (non-hydrogen) atoms. The van der Waals surface area contributed by atoms with Gasteiger partial charge in [-0.05, 0) is 26.0 Å². The van der Waals surface area contributed by atoms with Crippen molar-refractivity contribution < 1.29 is 17.9 Å². The van der Waals surface area contributed by atoms with Crippen molar-refractivity contribution in [2.75, 3.05) is 39.4 Å². The molecule has 1 heterocycles. The van der Waals surface area contributed by atoms with Crippen LogP contribution in [0.5, 0.6) is 0 Å². The molecule has 0 spiro atoms. The molecular weight excluding hydrogens is 330 g/mol. The molecule has 0 bridgehead atoms. The molecular formula is C16H25N3O4S. The molecule has 1 fully saturated rings. The van der Waals surface area contributed by atoms with Crippen LogP contribution >= 0.6 is 0 Å². The normalized spacial score (nSPS) is 17.4. The zero-order chi connectivity index (χ0) is 17.6. The Morgan fingerprint density at radius 3 is 2.50 bits per heavy atom. The number of carbonyl (C=O) groups is 1. The lowest BCUT2D eigenvalue weighted by atomic mass is 10.2. The lowest BCUT2D eigenvalue weighted by Gasteiger charge is -2.26. The molecule has 1 aromatic carbocycles. The average molecular weight is 355 g/mol. The van der Waals surface area contributed by atoms with Crippen molar-refractivity contribution >= 4 is 15.9 Å². The highest BCUT2D eigenvalue weighted by atomic mass is 32.2. The van der Waals surface area contributed by atoms with E-state index in [4.69, 9.17) is 4.74 Å². The number of morpholine rings is 1. The van der Waals surface area contributed by atoms with Gasteiger partial charge >= 0.3 is 0 Å². The van der Waals surface area contributed by atoms with Gasteiger partial charge in [-0.1, -0.05) is 17.7 Å². The van der Waals surface area contributed by atoms with Gasteiger partial charge < -0.3 is 10.1 Å². The number of rotatable bonds is 7. The first-order valence-electron chi connectivity index (χ1n) is 8.02. The summed E-state index contributed by atoms with van der Waals surface area (Å²) in [5, 5.41) is 2.81. The standard InChI is InChI=1S/C16H25N3O4S/c1-13-3-5-15(6-4-13)24(21,22)17-11-14(2)18-16(20)12-19-7-9-23-10-8-19/h3-6,14,17H,7-12H2,1-2H3,(H,18,20)/t14-/m0/s1. The maximum atomic E-state index is 12.2. The number of ether oxygens (including phenoxy) is 1. The number of sulfonamides is 1. The molecule has 1 saturated heterocycles. The third kappa shape index (κ3) is 5.86. The number of benzene rings is 1. The molecule has 134 valence electrons. The predicted molar refractivity (Wildman–Crippen MR) is 91.2 cm³/mol. The molecule has 1 atom stereocenters. The third-order valence-electron chi connectivity index (χ3n) is 3.79. The van der Waals surface area contributed by atoms with E-state index in [1.54, 1.807) is 31.2 Å². The van der Waals surface area contributed by atoms with E-state index in [9.17, 15) is 13.2 Å². The molecule has 0 unspecified atom stereocenters. The van der Waals surface area contributed by atoms with Crippen molar-refractivity contribution in [1.29, 1.82) is 0 Å². The van der Waals surface area contributed by atoms with Crippen LogP contribution in [0.15, 0.2) is 29.2 Å². The molecule has 0 radical (unpaired) electrons. The van der Waals surface area contributed by atoms with Crippen LogP contribution in [0.4, 0.5) is 0 Å². The Morgan fingerprint density at radius 1 is 1.25 bits per heavy atom. The highest BCUT2D eigenvalue weighted by Gasteiger charge is 2.18. The van der Waals surface area contributed by atoms with Gasteiger partial charge in [-0.25, -0.2) is 13.1 Å². The number of hydrogen-bond acceptors (Lipinski definition) is 5. The fourth-order valence-electron chi connectivity index (χ4n) is 2.37. The molecule has 1 aliphatic heterocycles. The summed E-state index contributed by atoms with van der Waals surface area (Å²) in [6, 6.07) is 6.35. The van der Waals surface area contributed by atoms with Gasteiger partial charge in [0.25, 0.3) is 0 Å². The Labute approximate surface area is 143 Å². The Kier molecular flexibility index (Phi) is 6.73. The Morgan fingerprint density at radius 2 is 1.88 bits per heavy atom. The fourth-order valence-corrected chi connectivity index (χ4v) is 3.50. The van der Waals surface area contributed by atoms with Gasteiger partial charge in [-0.3, -0.25) is 9.69 Å². The molecule has 7 nitrogen and oxygen atoms in total. The lowest BCUT2D eigenvalue weighted by molar-refractivity contribution is -0.123. The Bertz CT molecular complexity index is 640. The predicted octanol–water partition coefficient (Wildman–Crippen LogP) is 0.110. The highest BCUT2D eigenvalue weighted by Crippen LogP contribution is 2.09. The van der Waals surface area contributed by atoms with E-state index < -0.39 is 10.0 Å². The summed E-state index contributed by atoms with van der Waals surface area (Å²) in [6.45, 7) is 6.87. The second kappa shape index (κ2) is 8.57. The van der Waals surface area contributed by atoms with Crippen LogP contribution < -0.4 is 10.0 Å². The Hall–Kier alpha value is -1.48. The van der Waals surface area contributed by atoms with Crippen LogP contribution in [0.1, 0.15) is 12.5 Å². The number of aryl methyl sites for hydroxylation is 1. The van der Waals surface area contributed by atoms with Crippen molar-refractivity contribution in [3.05, 3.63) is 29.8 Å². The number of hydrogen-bond donors (Lipinski definition) is 2. The van der Waals surface area contributed by atoms with E-state index in [1.165, 1.54) is 0 Å². The molecule has 2 rings (SSSR count). The van der Waals surface area contributed by atoms with Gasteiger partial charge in [0.2, 0.25) is 15.9 Å². The van der Waals surface area contributed by atoms with Crippen LogP contribution in [0, 0.1) is 6.92 Å². The van der Waals surface area contributed by atoms with E-state index in [-0.39, 0.29) is 23.4 Å². The van der Waals surface area contributed by atoms with Crippen molar-refractivity contribution in [2.24, 2.45) is 0 Å². The first-order chi connectivity index (χ1) is 11.4. The van der Waals surface area contributed by atoms with Gasteiger partial charge in [-0.15, -0.1) is 0 Å². The summed E-state index contributed by atoms with van der Waals surface area (Å²) >= 11 is 0. The molecule has 1 amide bonds. The summed E-state index contributed by atoms with van der Waals surface area (Å²) in [4.78, 5) is 14.2. The molecule has 0 saturated carbocycles. The second-order valence-electron chi connectivity index (χ2n) is 6.02. The molecule has 2 N–H and O–H groups in total. The van der Waals surface area contributed by atoms with Crippen molar-refractivity contribution in [2.45, 2.75) is 24.8 Å². The second-order valence-corrected chi connectivity index (χ2v) is 7.79.